The maximum atomic E-state index is 12.7. The van der Waals surface area contributed by atoms with E-state index in [1.165, 1.54) is 6.07 Å². The first-order valence-corrected chi connectivity index (χ1v) is 9.57. The van der Waals surface area contributed by atoms with Crippen molar-refractivity contribution in [3.63, 3.8) is 0 Å². The minimum atomic E-state index is -0.555. The van der Waals surface area contributed by atoms with Crippen LogP contribution in [0.15, 0.2) is 54.6 Å². The summed E-state index contributed by atoms with van der Waals surface area (Å²) in [7, 11) is 1.56. The van der Waals surface area contributed by atoms with Crippen LogP contribution in [-0.4, -0.2) is 37.2 Å². The number of fused-ring (bicyclic) bond motifs is 1. The number of cyclic esters (lactones) is 1. The van der Waals surface area contributed by atoms with Gasteiger partial charge < -0.3 is 24.1 Å². The molecule has 1 heterocycles. The number of hydrogen-bond acceptors (Lipinski definition) is 6. The Hall–Kier alpha value is -2.83. The van der Waals surface area contributed by atoms with E-state index in [4.69, 9.17) is 18.9 Å². The number of carbonyl (C=O) groups is 1. The van der Waals surface area contributed by atoms with E-state index in [1.807, 2.05) is 42.5 Å². The van der Waals surface area contributed by atoms with Crippen molar-refractivity contribution in [1.82, 2.24) is 0 Å². The first-order valence-electron chi connectivity index (χ1n) is 9.57. The minimum absolute atomic E-state index is 0.149. The van der Waals surface area contributed by atoms with E-state index < -0.39 is 5.97 Å². The van der Waals surface area contributed by atoms with Gasteiger partial charge in [-0.3, -0.25) is 0 Å². The van der Waals surface area contributed by atoms with Gasteiger partial charge in [-0.2, -0.15) is 0 Å². The Bertz CT molecular complexity index is 846. The van der Waals surface area contributed by atoms with E-state index in [2.05, 4.69) is 0 Å². The number of carbonyl (C=O) groups excluding carboxylic acids is 1. The first-order chi connectivity index (χ1) is 14.1. The summed E-state index contributed by atoms with van der Waals surface area (Å²) in [6.45, 7) is 2.32. The lowest BCUT2D eigenvalue weighted by atomic mass is 10.0. The Morgan fingerprint density at radius 1 is 1.21 bits per heavy atom. The molecule has 6 heteroatoms. The van der Waals surface area contributed by atoms with Gasteiger partial charge in [0.05, 0.1) is 6.10 Å². The second kappa shape index (κ2) is 10.1. The van der Waals surface area contributed by atoms with Crippen molar-refractivity contribution in [3.05, 3.63) is 71.3 Å². The van der Waals surface area contributed by atoms with Gasteiger partial charge >= 0.3 is 5.97 Å². The van der Waals surface area contributed by atoms with Gasteiger partial charge in [-0.25, -0.2) is 4.79 Å². The summed E-state index contributed by atoms with van der Waals surface area (Å²) in [5.41, 5.74) is 1.82. The molecule has 0 amide bonds. The maximum Gasteiger partial charge on any atom is 0.342 e. The van der Waals surface area contributed by atoms with E-state index in [0.717, 1.165) is 5.56 Å². The molecule has 0 fully saturated rings. The van der Waals surface area contributed by atoms with Crippen LogP contribution in [0.5, 0.6) is 11.5 Å². The van der Waals surface area contributed by atoms with E-state index in [9.17, 15) is 9.90 Å². The highest BCUT2D eigenvalue weighted by atomic mass is 16.7. The Kier molecular flexibility index (Phi) is 7.27. The molecule has 1 aliphatic rings. The van der Waals surface area contributed by atoms with Gasteiger partial charge in [0, 0.05) is 19.6 Å². The molecule has 29 heavy (non-hydrogen) atoms. The van der Waals surface area contributed by atoms with E-state index in [0.29, 0.717) is 30.8 Å². The molecule has 154 valence electrons. The van der Waals surface area contributed by atoms with Crippen LogP contribution in [0.2, 0.25) is 0 Å². The maximum absolute atomic E-state index is 12.7. The van der Waals surface area contributed by atoms with Gasteiger partial charge in [0.15, 0.2) is 0 Å². The molecule has 2 atom stereocenters. The van der Waals surface area contributed by atoms with Crippen LogP contribution in [-0.2, 0) is 27.2 Å². The highest BCUT2D eigenvalue weighted by Gasteiger charge is 2.24. The van der Waals surface area contributed by atoms with Crippen molar-refractivity contribution < 1.29 is 28.8 Å². The molecule has 0 bridgehead atoms. The third-order valence-corrected chi connectivity index (χ3v) is 4.59. The van der Waals surface area contributed by atoms with Crippen LogP contribution in [0.1, 0.15) is 34.8 Å². The molecule has 0 unspecified atom stereocenters. The zero-order chi connectivity index (χ0) is 20.6. The molecule has 1 N–H and O–H groups in total. The summed E-state index contributed by atoms with van der Waals surface area (Å²) in [4.78, 5) is 12.7. The average molecular weight is 398 g/mol. The Morgan fingerprint density at radius 3 is 2.76 bits per heavy atom. The Labute approximate surface area is 170 Å². The van der Waals surface area contributed by atoms with Crippen LogP contribution in [0.25, 0.3) is 0 Å². The predicted molar refractivity (Wildman–Crippen MR) is 108 cm³/mol. The molecule has 0 aromatic heterocycles. The summed E-state index contributed by atoms with van der Waals surface area (Å²) in [5, 5.41) is 10.5. The van der Waals surface area contributed by atoms with Crippen LogP contribution < -0.4 is 4.74 Å². The molecule has 2 aromatic rings. The summed E-state index contributed by atoms with van der Waals surface area (Å²) in [6, 6.07) is 13.0. The number of phenolic OH excluding ortho intramolecular Hbond substituents is 1. The number of allylic oxidation sites excluding steroid dienone is 1. The van der Waals surface area contributed by atoms with Crippen molar-refractivity contribution in [2.75, 3.05) is 13.9 Å². The lowest BCUT2D eigenvalue weighted by Gasteiger charge is -2.21. The van der Waals surface area contributed by atoms with Crippen molar-refractivity contribution in [3.8, 4) is 11.5 Å². The molecule has 2 aromatic carbocycles. The number of methoxy groups -OCH3 is 1. The topological polar surface area (TPSA) is 74.2 Å². The molecule has 0 aliphatic carbocycles. The first kappa shape index (κ1) is 20.9. The van der Waals surface area contributed by atoms with E-state index in [1.54, 1.807) is 20.1 Å². The van der Waals surface area contributed by atoms with Gasteiger partial charge in [0.1, 0.15) is 36.6 Å². The third kappa shape index (κ3) is 5.82. The molecule has 6 nitrogen and oxygen atoms in total. The Balaban J connectivity index is 1.83. The number of hydrogen-bond donors (Lipinski definition) is 1. The summed E-state index contributed by atoms with van der Waals surface area (Å²) in [6.07, 6.45) is 4.17. The summed E-state index contributed by atoms with van der Waals surface area (Å²) in [5.74, 6) is -0.215. The zero-order valence-corrected chi connectivity index (χ0v) is 16.7. The number of aromatic hydroxyl groups is 1. The normalized spacial score (nSPS) is 19.3. The van der Waals surface area contributed by atoms with Crippen LogP contribution >= 0.6 is 0 Å². The Morgan fingerprint density at radius 2 is 2.00 bits per heavy atom. The molecule has 1 aliphatic heterocycles. The third-order valence-electron chi connectivity index (χ3n) is 4.59. The zero-order valence-electron chi connectivity index (χ0n) is 16.7. The van der Waals surface area contributed by atoms with Crippen molar-refractivity contribution in [2.45, 2.75) is 38.6 Å². The van der Waals surface area contributed by atoms with Gasteiger partial charge in [-0.1, -0.05) is 42.5 Å². The number of phenols is 1. The number of esters is 1. The molecule has 3 rings (SSSR count). The number of benzene rings is 2. The highest BCUT2D eigenvalue weighted by molar-refractivity contribution is 5.94. The van der Waals surface area contributed by atoms with Crippen LogP contribution in [0, 0.1) is 0 Å². The quantitative estimate of drug-likeness (QED) is 0.450. The van der Waals surface area contributed by atoms with Gasteiger partial charge in [-0.15, -0.1) is 0 Å². The fourth-order valence-electron chi connectivity index (χ4n) is 3.20. The minimum Gasteiger partial charge on any atom is -0.507 e. The fourth-order valence-corrected chi connectivity index (χ4v) is 3.20. The van der Waals surface area contributed by atoms with Crippen LogP contribution in [0.4, 0.5) is 0 Å². The average Bonchev–Trinajstić information content (AvgIpc) is 2.70. The molecule has 0 saturated carbocycles. The largest absolute Gasteiger partial charge is 0.507 e. The van der Waals surface area contributed by atoms with Gasteiger partial charge in [0.2, 0.25) is 0 Å². The van der Waals surface area contributed by atoms with Crippen molar-refractivity contribution in [1.29, 1.82) is 0 Å². The summed E-state index contributed by atoms with van der Waals surface area (Å²) >= 11 is 0. The smallest absolute Gasteiger partial charge is 0.342 e. The fraction of sp³-hybridized carbons (Fsp3) is 0.348. The van der Waals surface area contributed by atoms with Gasteiger partial charge in [0.25, 0.3) is 0 Å². The second-order valence-corrected chi connectivity index (χ2v) is 6.95. The molecular weight excluding hydrogens is 372 g/mol. The number of ether oxygens (including phenoxy) is 4. The predicted octanol–water partition coefficient (Wildman–Crippen LogP) is 4.01. The van der Waals surface area contributed by atoms with Crippen LogP contribution in [0.3, 0.4) is 0 Å². The van der Waals surface area contributed by atoms with Gasteiger partial charge in [-0.05, 0) is 30.5 Å². The lowest BCUT2D eigenvalue weighted by Crippen LogP contribution is -2.24. The SMILES string of the molecule is COCO[C@@H]1C=CCc2cc(OCc3ccccc3)cc(O)c2C(=O)O[C@H](C)C1. The highest BCUT2D eigenvalue weighted by Crippen LogP contribution is 2.31. The van der Waals surface area contributed by atoms with Crippen molar-refractivity contribution in [2.24, 2.45) is 0 Å². The van der Waals surface area contributed by atoms with Crippen molar-refractivity contribution >= 4 is 5.97 Å². The molecule has 0 radical (unpaired) electrons. The van der Waals surface area contributed by atoms with E-state index in [-0.39, 0.29) is 30.3 Å². The molecular formula is C23H26O6. The molecule has 0 spiro atoms. The number of rotatable bonds is 6. The summed E-state index contributed by atoms with van der Waals surface area (Å²) < 4.78 is 21.9. The van der Waals surface area contributed by atoms with E-state index >= 15 is 0 Å². The lowest BCUT2D eigenvalue weighted by molar-refractivity contribution is -0.0679. The monoisotopic (exact) mass is 398 g/mol. The standard InChI is InChI=1S/C23H26O6/c1-16-11-19(28-15-26-2)10-6-9-18-12-20(13-21(24)22(18)23(25)29-16)27-14-17-7-4-3-5-8-17/h3-8,10,12-13,16,19,24H,9,11,14-15H2,1-2H3/t16-,19-/m1/s1. The molecule has 0 saturated heterocycles. The second-order valence-electron chi connectivity index (χ2n) is 6.95.